The van der Waals surface area contributed by atoms with Crippen molar-refractivity contribution < 1.29 is 4.79 Å². The lowest BCUT2D eigenvalue weighted by Gasteiger charge is -2.32. The van der Waals surface area contributed by atoms with Crippen LogP contribution >= 0.6 is 0 Å². The highest BCUT2D eigenvalue weighted by molar-refractivity contribution is 5.76. The van der Waals surface area contributed by atoms with Crippen LogP contribution in [0.3, 0.4) is 0 Å². The number of piperidine rings is 1. The normalized spacial score (nSPS) is 15.2. The van der Waals surface area contributed by atoms with Gasteiger partial charge in [0.05, 0.1) is 0 Å². The van der Waals surface area contributed by atoms with Gasteiger partial charge in [-0.25, -0.2) is 0 Å². The van der Waals surface area contributed by atoms with Crippen LogP contribution in [0.25, 0.3) is 0 Å². The van der Waals surface area contributed by atoms with Crippen LogP contribution in [-0.4, -0.2) is 40.1 Å². The zero-order valence-electron chi connectivity index (χ0n) is 13.7. The van der Waals surface area contributed by atoms with E-state index < -0.39 is 0 Å². The number of nitrogen functional groups attached to an aromatic ring is 1. The maximum atomic E-state index is 12.4. The van der Waals surface area contributed by atoms with Crippen LogP contribution in [0.4, 0.5) is 11.5 Å². The number of nitrogens with one attached hydrogen (secondary N) is 1. The third-order valence-electron chi connectivity index (χ3n) is 4.44. The van der Waals surface area contributed by atoms with Gasteiger partial charge in [0.15, 0.2) is 0 Å². The van der Waals surface area contributed by atoms with E-state index in [0.717, 1.165) is 43.0 Å². The zero-order valence-corrected chi connectivity index (χ0v) is 13.7. The fourth-order valence-electron chi connectivity index (χ4n) is 3.02. The first-order valence-corrected chi connectivity index (χ1v) is 8.38. The van der Waals surface area contributed by atoms with E-state index in [1.165, 1.54) is 0 Å². The number of nitrogens with zero attached hydrogens (tertiary/aromatic N) is 3. The number of benzene rings is 1. The van der Waals surface area contributed by atoms with Gasteiger partial charge in [-0.05, 0) is 43.0 Å². The summed E-state index contributed by atoms with van der Waals surface area (Å²) in [5.41, 5.74) is 7.74. The molecule has 1 aromatic carbocycles. The summed E-state index contributed by atoms with van der Waals surface area (Å²) in [6.07, 6.45) is 4.72. The number of amides is 1. The first kappa shape index (κ1) is 16.2. The summed E-state index contributed by atoms with van der Waals surface area (Å²) in [7, 11) is 0. The van der Waals surface area contributed by atoms with Crippen LogP contribution in [0.1, 0.15) is 24.8 Å². The molecular weight excluding hydrogens is 302 g/mol. The lowest BCUT2D eigenvalue weighted by Crippen LogP contribution is -2.42. The number of nitrogens with two attached hydrogens (primary N) is 1. The number of carbonyl (C=O) groups excluding carboxylic acids is 1. The van der Waals surface area contributed by atoms with E-state index in [1.54, 1.807) is 6.20 Å². The molecule has 1 amide bonds. The van der Waals surface area contributed by atoms with Gasteiger partial charge in [-0.1, -0.05) is 18.2 Å². The summed E-state index contributed by atoms with van der Waals surface area (Å²) in [4.78, 5) is 14.3. The number of anilines is 2. The fourth-order valence-corrected chi connectivity index (χ4v) is 3.02. The van der Waals surface area contributed by atoms with Crippen LogP contribution in [0.15, 0.2) is 42.6 Å². The molecule has 3 N–H and O–H groups in total. The first-order chi connectivity index (χ1) is 11.7. The molecule has 0 spiro atoms. The van der Waals surface area contributed by atoms with Gasteiger partial charge in [0.2, 0.25) is 5.91 Å². The Morgan fingerprint density at radius 3 is 2.71 bits per heavy atom. The van der Waals surface area contributed by atoms with Gasteiger partial charge in [-0.2, -0.15) is 5.10 Å². The molecule has 0 aliphatic carbocycles. The summed E-state index contributed by atoms with van der Waals surface area (Å²) in [5, 5.41) is 11.3. The van der Waals surface area contributed by atoms with Crippen LogP contribution < -0.4 is 11.1 Å². The Morgan fingerprint density at radius 1 is 1.21 bits per heavy atom. The molecular formula is C18H23N5O. The van der Waals surface area contributed by atoms with Gasteiger partial charge in [-0.15, -0.1) is 5.10 Å². The number of hydrogen-bond acceptors (Lipinski definition) is 5. The van der Waals surface area contributed by atoms with Gasteiger partial charge in [0.1, 0.15) is 5.82 Å². The number of aryl methyl sites for hydroxylation is 1. The van der Waals surface area contributed by atoms with Crippen molar-refractivity contribution in [2.75, 3.05) is 24.1 Å². The molecule has 24 heavy (non-hydrogen) atoms. The molecule has 0 bridgehead atoms. The topological polar surface area (TPSA) is 84.1 Å². The van der Waals surface area contributed by atoms with E-state index in [4.69, 9.17) is 5.73 Å². The molecule has 6 nitrogen and oxygen atoms in total. The van der Waals surface area contributed by atoms with E-state index in [-0.39, 0.29) is 5.91 Å². The lowest BCUT2D eigenvalue weighted by atomic mass is 10.0. The highest BCUT2D eigenvalue weighted by atomic mass is 16.2. The summed E-state index contributed by atoms with van der Waals surface area (Å²) in [6.45, 7) is 1.56. The predicted molar refractivity (Wildman–Crippen MR) is 94.4 cm³/mol. The van der Waals surface area contributed by atoms with Gasteiger partial charge < -0.3 is 16.0 Å². The quantitative estimate of drug-likeness (QED) is 0.822. The lowest BCUT2D eigenvalue weighted by molar-refractivity contribution is -0.132. The minimum atomic E-state index is 0.205. The molecule has 0 radical (unpaired) electrons. The van der Waals surface area contributed by atoms with E-state index in [2.05, 4.69) is 15.5 Å². The molecule has 2 heterocycles. The van der Waals surface area contributed by atoms with E-state index in [9.17, 15) is 4.79 Å². The van der Waals surface area contributed by atoms with Crippen LogP contribution in [0.5, 0.6) is 0 Å². The highest BCUT2D eigenvalue weighted by Gasteiger charge is 2.22. The largest absolute Gasteiger partial charge is 0.399 e. The predicted octanol–water partition coefficient (Wildman–Crippen LogP) is 2.09. The Morgan fingerprint density at radius 2 is 2.00 bits per heavy atom. The second-order valence-corrected chi connectivity index (χ2v) is 6.11. The Balaban J connectivity index is 1.44. The van der Waals surface area contributed by atoms with E-state index >= 15 is 0 Å². The molecule has 1 aliphatic rings. The summed E-state index contributed by atoms with van der Waals surface area (Å²) >= 11 is 0. The van der Waals surface area contributed by atoms with Gasteiger partial charge in [-0.3, -0.25) is 4.79 Å². The SMILES string of the molecule is Nc1ccccc1CCC(=O)N1CCC(Nc2cccnn2)CC1. The minimum absolute atomic E-state index is 0.205. The van der Waals surface area contributed by atoms with Gasteiger partial charge >= 0.3 is 0 Å². The van der Waals surface area contributed by atoms with Crippen LogP contribution in [0, 0.1) is 0 Å². The average molecular weight is 325 g/mol. The molecule has 6 heteroatoms. The third-order valence-corrected chi connectivity index (χ3v) is 4.44. The molecule has 0 atom stereocenters. The zero-order chi connectivity index (χ0) is 16.8. The summed E-state index contributed by atoms with van der Waals surface area (Å²) in [5.74, 6) is 0.998. The van der Waals surface area contributed by atoms with Crippen molar-refractivity contribution in [3.8, 4) is 0 Å². The van der Waals surface area contributed by atoms with Crippen molar-refractivity contribution in [1.82, 2.24) is 15.1 Å². The molecule has 1 saturated heterocycles. The smallest absolute Gasteiger partial charge is 0.222 e. The summed E-state index contributed by atoms with van der Waals surface area (Å²) < 4.78 is 0. The molecule has 126 valence electrons. The maximum absolute atomic E-state index is 12.4. The molecule has 3 rings (SSSR count). The Labute approximate surface area is 142 Å². The standard InChI is InChI=1S/C18H23N5O/c19-16-5-2-1-4-14(16)7-8-18(24)23-12-9-15(10-13-23)21-17-6-3-11-20-22-17/h1-6,11,15H,7-10,12-13,19H2,(H,21,22). The second-order valence-electron chi connectivity index (χ2n) is 6.11. The van der Waals surface area contributed by atoms with Crippen molar-refractivity contribution in [3.63, 3.8) is 0 Å². The maximum Gasteiger partial charge on any atom is 0.222 e. The van der Waals surface area contributed by atoms with Crippen molar-refractivity contribution >= 4 is 17.4 Å². The van der Waals surface area contributed by atoms with Crippen molar-refractivity contribution in [2.24, 2.45) is 0 Å². The van der Waals surface area contributed by atoms with E-state index in [1.807, 2.05) is 41.3 Å². The van der Waals surface area contributed by atoms with E-state index in [0.29, 0.717) is 18.9 Å². The minimum Gasteiger partial charge on any atom is -0.399 e. The molecule has 2 aromatic rings. The number of aromatic nitrogens is 2. The molecule has 1 aromatic heterocycles. The highest BCUT2D eigenvalue weighted by Crippen LogP contribution is 2.17. The second kappa shape index (κ2) is 7.77. The third kappa shape index (κ3) is 4.22. The average Bonchev–Trinajstić information content (AvgIpc) is 2.62. The Hall–Kier alpha value is -2.63. The molecule has 0 saturated carbocycles. The number of para-hydroxylation sites is 1. The van der Waals surface area contributed by atoms with Crippen LogP contribution in [-0.2, 0) is 11.2 Å². The van der Waals surface area contributed by atoms with Crippen LogP contribution in [0.2, 0.25) is 0 Å². The number of carbonyl (C=O) groups is 1. The van der Waals surface area contributed by atoms with Gasteiger partial charge in [0.25, 0.3) is 0 Å². The summed E-state index contributed by atoms with van der Waals surface area (Å²) in [6, 6.07) is 11.9. The number of hydrogen-bond donors (Lipinski definition) is 2. The van der Waals surface area contributed by atoms with Crippen molar-refractivity contribution in [3.05, 3.63) is 48.2 Å². The first-order valence-electron chi connectivity index (χ1n) is 8.38. The number of rotatable bonds is 5. The fraction of sp³-hybridized carbons (Fsp3) is 0.389. The number of likely N-dealkylation sites (tertiary alicyclic amines) is 1. The Bertz CT molecular complexity index is 668. The molecule has 1 aliphatic heterocycles. The molecule has 1 fully saturated rings. The van der Waals surface area contributed by atoms with Crippen molar-refractivity contribution in [2.45, 2.75) is 31.7 Å². The molecule has 0 unspecified atom stereocenters. The Kier molecular flexibility index (Phi) is 5.25. The van der Waals surface area contributed by atoms with Crippen molar-refractivity contribution in [1.29, 1.82) is 0 Å². The van der Waals surface area contributed by atoms with Gasteiger partial charge in [0, 0.05) is 37.4 Å². The monoisotopic (exact) mass is 325 g/mol.